The van der Waals surface area contributed by atoms with Gasteiger partial charge in [-0.2, -0.15) is 0 Å². The number of amides is 1. The van der Waals surface area contributed by atoms with Gasteiger partial charge in [-0.1, -0.05) is 31.2 Å². The fraction of sp³-hybridized carbons (Fsp3) is 0.462. The van der Waals surface area contributed by atoms with Crippen LogP contribution < -0.4 is 11.1 Å². The number of rotatable bonds is 5. The molecule has 1 rings (SSSR count). The zero-order valence-electron chi connectivity index (χ0n) is 10.2. The fourth-order valence-electron chi connectivity index (χ4n) is 1.48. The van der Waals surface area contributed by atoms with Crippen molar-refractivity contribution in [1.82, 2.24) is 5.32 Å². The van der Waals surface area contributed by atoms with Crippen molar-refractivity contribution in [2.75, 3.05) is 0 Å². The first-order valence-corrected chi connectivity index (χ1v) is 5.59. The van der Waals surface area contributed by atoms with Gasteiger partial charge in [-0.05, 0) is 31.4 Å². The molecule has 16 heavy (non-hydrogen) atoms. The van der Waals surface area contributed by atoms with Crippen molar-refractivity contribution in [3.63, 3.8) is 0 Å². The molecule has 3 N–H and O–H groups in total. The van der Waals surface area contributed by atoms with Gasteiger partial charge < -0.3 is 5.73 Å². The molecule has 0 aromatic heterocycles. The summed E-state index contributed by atoms with van der Waals surface area (Å²) in [6.07, 6.45) is 0.995. The molecule has 0 saturated heterocycles. The van der Waals surface area contributed by atoms with Crippen LogP contribution >= 0.6 is 0 Å². The Morgan fingerprint density at radius 2 is 1.88 bits per heavy atom. The topological polar surface area (TPSA) is 55.1 Å². The van der Waals surface area contributed by atoms with Crippen LogP contribution in [0.2, 0.25) is 0 Å². The summed E-state index contributed by atoms with van der Waals surface area (Å²) in [6, 6.07) is 8.21. The second kappa shape index (κ2) is 5.12. The summed E-state index contributed by atoms with van der Waals surface area (Å²) < 4.78 is 0. The number of aryl methyl sites for hydroxylation is 1. The van der Waals surface area contributed by atoms with Crippen LogP contribution in [0.1, 0.15) is 31.9 Å². The third-order valence-corrected chi connectivity index (χ3v) is 2.84. The van der Waals surface area contributed by atoms with Gasteiger partial charge in [0.2, 0.25) is 5.91 Å². The van der Waals surface area contributed by atoms with Crippen molar-refractivity contribution < 1.29 is 4.79 Å². The molecule has 0 radical (unpaired) electrons. The summed E-state index contributed by atoms with van der Waals surface area (Å²) in [5.74, 6) is -0.332. The first-order chi connectivity index (χ1) is 7.47. The van der Waals surface area contributed by atoms with Gasteiger partial charge in [-0.25, -0.2) is 0 Å². The Kier molecular flexibility index (Phi) is 4.07. The van der Waals surface area contributed by atoms with Gasteiger partial charge in [0.15, 0.2) is 0 Å². The Labute approximate surface area is 97.0 Å². The molecule has 3 nitrogen and oxygen atoms in total. The number of benzene rings is 1. The minimum Gasteiger partial charge on any atom is -0.368 e. The summed E-state index contributed by atoms with van der Waals surface area (Å²) in [4.78, 5) is 11.2. The maximum Gasteiger partial charge on any atom is 0.237 e. The van der Waals surface area contributed by atoms with Crippen LogP contribution in [-0.2, 0) is 17.8 Å². The van der Waals surface area contributed by atoms with Gasteiger partial charge in [0.25, 0.3) is 0 Å². The molecule has 0 fully saturated rings. The van der Waals surface area contributed by atoms with Crippen LogP contribution in [-0.4, -0.2) is 11.4 Å². The minimum absolute atomic E-state index is 0.332. The van der Waals surface area contributed by atoms with Gasteiger partial charge in [0.05, 0.1) is 5.54 Å². The molecule has 0 heterocycles. The van der Waals surface area contributed by atoms with Crippen molar-refractivity contribution in [1.29, 1.82) is 0 Å². The average Bonchev–Trinajstić information content (AvgIpc) is 2.26. The Hall–Kier alpha value is -1.35. The second-order valence-electron chi connectivity index (χ2n) is 4.47. The van der Waals surface area contributed by atoms with Crippen molar-refractivity contribution in [3.8, 4) is 0 Å². The highest BCUT2D eigenvalue weighted by Crippen LogP contribution is 2.11. The van der Waals surface area contributed by atoms with Crippen LogP contribution in [0, 0.1) is 0 Å². The van der Waals surface area contributed by atoms with Crippen molar-refractivity contribution in [3.05, 3.63) is 35.4 Å². The van der Waals surface area contributed by atoms with Gasteiger partial charge in [0.1, 0.15) is 0 Å². The molecule has 0 atom stereocenters. The largest absolute Gasteiger partial charge is 0.368 e. The third kappa shape index (κ3) is 3.07. The molecule has 0 aliphatic carbocycles. The van der Waals surface area contributed by atoms with Gasteiger partial charge in [0, 0.05) is 6.54 Å². The molecular weight excluding hydrogens is 200 g/mol. The molecular formula is C13H20N2O. The quantitative estimate of drug-likeness (QED) is 0.792. The molecule has 0 aliphatic heterocycles. The number of hydrogen-bond donors (Lipinski definition) is 2. The number of nitrogens with two attached hydrogens (primary N) is 1. The molecule has 1 aromatic rings. The Balaban J connectivity index is 2.71. The monoisotopic (exact) mass is 220 g/mol. The summed E-state index contributed by atoms with van der Waals surface area (Å²) in [5.41, 5.74) is 7.16. The van der Waals surface area contributed by atoms with E-state index in [0.29, 0.717) is 6.54 Å². The van der Waals surface area contributed by atoms with Crippen LogP contribution in [0.3, 0.4) is 0 Å². The Morgan fingerprint density at radius 1 is 1.31 bits per heavy atom. The van der Waals surface area contributed by atoms with E-state index < -0.39 is 5.54 Å². The van der Waals surface area contributed by atoms with Gasteiger partial charge in [-0.3, -0.25) is 10.1 Å². The highest BCUT2D eigenvalue weighted by atomic mass is 16.1. The summed E-state index contributed by atoms with van der Waals surface area (Å²) in [6.45, 7) is 6.38. The summed E-state index contributed by atoms with van der Waals surface area (Å²) in [5, 5.41) is 3.17. The lowest BCUT2D eigenvalue weighted by molar-refractivity contribution is -0.123. The average molecular weight is 220 g/mol. The molecule has 0 unspecified atom stereocenters. The van der Waals surface area contributed by atoms with E-state index in [1.54, 1.807) is 13.8 Å². The molecule has 1 amide bonds. The molecule has 0 bridgehead atoms. The first kappa shape index (κ1) is 12.7. The fourth-order valence-corrected chi connectivity index (χ4v) is 1.48. The maximum atomic E-state index is 11.2. The minimum atomic E-state index is -0.666. The standard InChI is InChI=1S/C13H20N2O/c1-4-10-7-5-6-8-11(10)9-15-13(2,3)12(14)16/h5-8,15H,4,9H2,1-3H3,(H2,14,16). The smallest absolute Gasteiger partial charge is 0.237 e. The second-order valence-corrected chi connectivity index (χ2v) is 4.47. The molecule has 0 spiro atoms. The van der Waals surface area contributed by atoms with E-state index in [4.69, 9.17) is 5.73 Å². The third-order valence-electron chi connectivity index (χ3n) is 2.84. The van der Waals surface area contributed by atoms with Crippen molar-refractivity contribution in [2.45, 2.75) is 39.3 Å². The predicted octanol–water partition coefficient (Wildman–Crippen LogP) is 1.60. The van der Waals surface area contributed by atoms with Crippen molar-refractivity contribution in [2.24, 2.45) is 5.73 Å². The van der Waals surface area contributed by atoms with Gasteiger partial charge >= 0.3 is 0 Å². The maximum absolute atomic E-state index is 11.2. The molecule has 0 aliphatic rings. The van der Waals surface area contributed by atoms with Crippen LogP contribution in [0.25, 0.3) is 0 Å². The SMILES string of the molecule is CCc1ccccc1CNC(C)(C)C(N)=O. The normalized spacial score (nSPS) is 11.4. The predicted molar refractivity (Wildman–Crippen MR) is 65.9 cm³/mol. The van der Waals surface area contributed by atoms with E-state index in [1.165, 1.54) is 11.1 Å². The van der Waals surface area contributed by atoms with Crippen molar-refractivity contribution >= 4 is 5.91 Å². The van der Waals surface area contributed by atoms with Crippen LogP contribution in [0.15, 0.2) is 24.3 Å². The van der Waals surface area contributed by atoms with E-state index >= 15 is 0 Å². The highest BCUT2D eigenvalue weighted by Gasteiger charge is 2.23. The van der Waals surface area contributed by atoms with E-state index in [2.05, 4.69) is 24.4 Å². The van der Waals surface area contributed by atoms with Crippen LogP contribution in [0.5, 0.6) is 0 Å². The van der Waals surface area contributed by atoms with Crippen LogP contribution in [0.4, 0.5) is 0 Å². The Morgan fingerprint density at radius 3 is 2.38 bits per heavy atom. The van der Waals surface area contributed by atoms with Gasteiger partial charge in [-0.15, -0.1) is 0 Å². The first-order valence-electron chi connectivity index (χ1n) is 5.59. The molecule has 0 saturated carbocycles. The molecule has 1 aromatic carbocycles. The van der Waals surface area contributed by atoms with E-state index in [-0.39, 0.29) is 5.91 Å². The lowest BCUT2D eigenvalue weighted by Crippen LogP contribution is -2.50. The van der Waals surface area contributed by atoms with E-state index in [0.717, 1.165) is 6.42 Å². The number of nitrogens with one attached hydrogen (secondary N) is 1. The number of primary amides is 1. The number of carbonyl (C=O) groups is 1. The molecule has 88 valence electrons. The summed E-state index contributed by atoms with van der Waals surface area (Å²) in [7, 11) is 0. The summed E-state index contributed by atoms with van der Waals surface area (Å²) >= 11 is 0. The lowest BCUT2D eigenvalue weighted by atomic mass is 10.0. The zero-order valence-corrected chi connectivity index (χ0v) is 10.2. The number of hydrogen-bond acceptors (Lipinski definition) is 2. The lowest BCUT2D eigenvalue weighted by Gasteiger charge is -2.23. The number of carbonyl (C=O) groups excluding carboxylic acids is 1. The van der Waals surface area contributed by atoms with E-state index in [9.17, 15) is 4.79 Å². The highest BCUT2D eigenvalue weighted by molar-refractivity contribution is 5.83. The Bertz CT molecular complexity index is 372. The van der Waals surface area contributed by atoms with E-state index in [1.807, 2.05) is 12.1 Å². The zero-order chi connectivity index (χ0) is 12.2. The molecule has 3 heteroatoms.